The molecule has 0 saturated carbocycles. The number of amides is 3. The number of halogens is 1. The third-order valence-corrected chi connectivity index (χ3v) is 3.48. The second-order valence-electron chi connectivity index (χ2n) is 4.76. The van der Waals surface area contributed by atoms with Crippen molar-refractivity contribution in [3.05, 3.63) is 29.3 Å². The fraction of sp³-hybridized carbons (Fsp3) is 0.429. The van der Waals surface area contributed by atoms with Gasteiger partial charge >= 0.3 is 6.03 Å². The quantitative estimate of drug-likeness (QED) is 0.736. The van der Waals surface area contributed by atoms with E-state index in [1.54, 1.807) is 24.3 Å². The third-order valence-electron chi connectivity index (χ3n) is 3.23. The lowest BCUT2D eigenvalue weighted by atomic mass is 9.97. The normalized spacial score (nSPS) is 15.3. The summed E-state index contributed by atoms with van der Waals surface area (Å²) in [6, 6.07) is 6.23. The van der Waals surface area contributed by atoms with E-state index in [1.807, 2.05) is 0 Å². The summed E-state index contributed by atoms with van der Waals surface area (Å²) in [6.45, 7) is 1.59. The standard InChI is InChI=1S/C14H18ClN3O3/c15-11-1-3-12(4-2-11)21-9-17-14(20)18-13(19)10-5-7-16-8-6-10/h1-4,10,16H,5-9H2,(H2,17,18,19,20). The summed E-state index contributed by atoms with van der Waals surface area (Å²) in [6.07, 6.45) is 1.50. The Hall–Kier alpha value is -1.79. The zero-order chi connectivity index (χ0) is 15.1. The van der Waals surface area contributed by atoms with Gasteiger partial charge in [-0.1, -0.05) is 11.6 Å². The van der Waals surface area contributed by atoms with Gasteiger partial charge in [0.25, 0.3) is 0 Å². The first-order chi connectivity index (χ1) is 10.1. The molecule has 1 aromatic rings. The molecule has 1 aromatic carbocycles. The summed E-state index contributed by atoms with van der Waals surface area (Å²) >= 11 is 5.75. The smallest absolute Gasteiger partial charge is 0.324 e. The van der Waals surface area contributed by atoms with E-state index in [1.165, 1.54) is 0 Å². The van der Waals surface area contributed by atoms with Crippen molar-refractivity contribution in [2.75, 3.05) is 19.8 Å². The summed E-state index contributed by atoms with van der Waals surface area (Å²) in [5, 5.41) is 8.58. The van der Waals surface area contributed by atoms with Crippen LogP contribution in [0.3, 0.4) is 0 Å². The number of rotatable bonds is 4. The van der Waals surface area contributed by atoms with Gasteiger partial charge in [0, 0.05) is 10.9 Å². The molecule has 3 N–H and O–H groups in total. The van der Waals surface area contributed by atoms with Crippen LogP contribution in [0.25, 0.3) is 0 Å². The molecule has 0 atom stereocenters. The molecule has 114 valence electrons. The van der Waals surface area contributed by atoms with E-state index < -0.39 is 6.03 Å². The molecule has 0 spiro atoms. The maximum Gasteiger partial charge on any atom is 0.324 e. The number of urea groups is 1. The van der Waals surface area contributed by atoms with E-state index in [-0.39, 0.29) is 18.6 Å². The van der Waals surface area contributed by atoms with Gasteiger partial charge in [-0.2, -0.15) is 0 Å². The van der Waals surface area contributed by atoms with Crippen LogP contribution in [0.5, 0.6) is 5.75 Å². The van der Waals surface area contributed by atoms with Gasteiger partial charge in [-0.3, -0.25) is 10.1 Å². The van der Waals surface area contributed by atoms with Gasteiger partial charge in [-0.05, 0) is 50.2 Å². The maximum absolute atomic E-state index is 11.8. The average Bonchev–Trinajstić information content (AvgIpc) is 2.50. The Kier molecular flexibility index (Phi) is 5.83. The van der Waals surface area contributed by atoms with Crippen molar-refractivity contribution < 1.29 is 14.3 Å². The molecule has 6 nitrogen and oxygen atoms in total. The number of benzene rings is 1. The van der Waals surface area contributed by atoms with Crippen molar-refractivity contribution in [1.29, 1.82) is 0 Å². The van der Waals surface area contributed by atoms with E-state index in [0.29, 0.717) is 10.8 Å². The molecule has 2 rings (SSSR count). The Morgan fingerprint density at radius 3 is 2.57 bits per heavy atom. The van der Waals surface area contributed by atoms with Crippen LogP contribution in [0.4, 0.5) is 4.79 Å². The van der Waals surface area contributed by atoms with E-state index in [0.717, 1.165) is 25.9 Å². The van der Waals surface area contributed by atoms with Crippen LogP contribution in [-0.2, 0) is 4.79 Å². The molecule has 0 aromatic heterocycles. The summed E-state index contributed by atoms with van der Waals surface area (Å²) < 4.78 is 5.31. The number of carbonyl (C=O) groups excluding carboxylic acids is 2. The van der Waals surface area contributed by atoms with Crippen molar-refractivity contribution in [3.8, 4) is 5.75 Å². The highest BCUT2D eigenvalue weighted by Crippen LogP contribution is 2.15. The van der Waals surface area contributed by atoms with Gasteiger partial charge in [0.15, 0.2) is 6.73 Å². The molecule has 1 heterocycles. The lowest BCUT2D eigenvalue weighted by molar-refractivity contribution is -0.124. The largest absolute Gasteiger partial charge is 0.473 e. The van der Waals surface area contributed by atoms with Gasteiger partial charge in [-0.15, -0.1) is 0 Å². The van der Waals surface area contributed by atoms with Crippen molar-refractivity contribution in [1.82, 2.24) is 16.0 Å². The molecule has 7 heteroatoms. The number of nitrogens with one attached hydrogen (secondary N) is 3. The van der Waals surface area contributed by atoms with Crippen LogP contribution in [-0.4, -0.2) is 31.8 Å². The molecule has 0 radical (unpaired) electrons. The lowest BCUT2D eigenvalue weighted by Crippen LogP contribution is -2.45. The second-order valence-corrected chi connectivity index (χ2v) is 5.20. The highest BCUT2D eigenvalue weighted by atomic mass is 35.5. The second kappa shape index (κ2) is 7.85. The fourth-order valence-electron chi connectivity index (χ4n) is 2.06. The van der Waals surface area contributed by atoms with Gasteiger partial charge in [0.1, 0.15) is 5.75 Å². The summed E-state index contributed by atoms with van der Waals surface area (Å²) in [4.78, 5) is 23.4. The van der Waals surface area contributed by atoms with Crippen LogP contribution in [0, 0.1) is 5.92 Å². The third kappa shape index (κ3) is 5.24. The molecule has 0 bridgehead atoms. The Balaban J connectivity index is 1.67. The SMILES string of the molecule is O=C(NCOc1ccc(Cl)cc1)NC(=O)C1CCNCC1. The van der Waals surface area contributed by atoms with Crippen molar-refractivity contribution >= 4 is 23.5 Å². The van der Waals surface area contributed by atoms with Gasteiger partial charge in [0.2, 0.25) is 5.91 Å². The molecule has 1 aliphatic rings. The van der Waals surface area contributed by atoms with Crippen LogP contribution < -0.4 is 20.7 Å². The molecular formula is C14H18ClN3O3. The van der Waals surface area contributed by atoms with Crippen LogP contribution in [0.2, 0.25) is 5.02 Å². The number of piperidine rings is 1. The summed E-state index contributed by atoms with van der Waals surface area (Å²) in [7, 11) is 0. The van der Waals surface area contributed by atoms with Crippen molar-refractivity contribution in [2.24, 2.45) is 5.92 Å². The predicted molar refractivity (Wildman–Crippen MR) is 79.2 cm³/mol. The monoisotopic (exact) mass is 311 g/mol. The number of hydrogen-bond acceptors (Lipinski definition) is 4. The fourth-order valence-corrected chi connectivity index (χ4v) is 2.18. The van der Waals surface area contributed by atoms with E-state index in [2.05, 4.69) is 16.0 Å². The maximum atomic E-state index is 11.8. The lowest BCUT2D eigenvalue weighted by Gasteiger charge is -2.21. The highest BCUT2D eigenvalue weighted by molar-refractivity contribution is 6.30. The van der Waals surface area contributed by atoms with Crippen molar-refractivity contribution in [2.45, 2.75) is 12.8 Å². The molecule has 1 aliphatic heterocycles. The van der Waals surface area contributed by atoms with E-state index in [9.17, 15) is 9.59 Å². The molecule has 0 unspecified atom stereocenters. The highest BCUT2D eigenvalue weighted by Gasteiger charge is 2.22. The van der Waals surface area contributed by atoms with Crippen LogP contribution >= 0.6 is 11.6 Å². The van der Waals surface area contributed by atoms with E-state index >= 15 is 0 Å². The first-order valence-electron chi connectivity index (χ1n) is 6.83. The van der Waals surface area contributed by atoms with Gasteiger partial charge in [-0.25, -0.2) is 4.79 Å². The van der Waals surface area contributed by atoms with E-state index in [4.69, 9.17) is 16.3 Å². The Bertz CT molecular complexity index is 487. The molecule has 1 fully saturated rings. The Morgan fingerprint density at radius 2 is 1.90 bits per heavy atom. The summed E-state index contributed by atoms with van der Waals surface area (Å²) in [5.41, 5.74) is 0. The first-order valence-corrected chi connectivity index (χ1v) is 7.21. The minimum atomic E-state index is -0.549. The topological polar surface area (TPSA) is 79.5 Å². The molecule has 0 aliphatic carbocycles. The van der Waals surface area contributed by atoms with Gasteiger partial charge < -0.3 is 15.4 Å². The first kappa shape index (κ1) is 15.6. The number of hydrogen-bond donors (Lipinski definition) is 3. The molecule has 21 heavy (non-hydrogen) atoms. The number of imide groups is 1. The number of ether oxygens (including phenoxy) is 1. The van der Waals surface area contributed by atoms with Crippen LogP contribution in [0.1, 0.15) is 12.8 Å². The Morgan fingerprint density at radius 1 is 1.24 bits per heavy atom. The predicted octanol–water partition coefficient (Wildman–Crippen LogP) is 1.50. The molecular weight excluding hydrogens is 294 g/mol. The minimum absolute atomic E-state index is 0.0209. The minimum Gasteiger partial charge on any atom is -0.473 e. The van der Waals surface area contributed by atoms with Crippen LogP contribution in [0.15, 0.2) is 24.3 Å². The summed E-state index contributed by atoms with van der Waals surface area (Å²) in [5.74, 6) is 0.249. The average molecular weight is 312 g/mol. The van der Waals surface area contributed by atoms with Crippen molar-refractivity contribution in [3.63, 3.8) is 0 Å². The zero-order valence-corrected chi connectivity index (χ0v) is 12.3. The number of carbonyl (C=O) groups is 2. The Labute approximate surface area is 128 Å². The molecule has 3 amide bonds. The van der Waals surface area contributed by atoms with Gasteiger partial charge in [0.05, 0.1) is 0 Å². The zero-order valence-electron chi connectivity index (χ0n) is 11.5. The molecule has 1 saturated heterocycles.